The van der Waals surface area contributed by atoms with Gasteiger partial charge in [0.1, 0.15) is 0 Å². The van der Waals surface area contributed by atoms with E-state index in [1.54, 1.807) is 0 Å². The van der Waals surface area contributed by atoms with E-state index in [-0.39, 0.29) is 6.67 Å². The Bertz CT molecular complexity index is 313. The van der Waals surface area contributed by atoms with Gasteiger partial charge < -0.3 is 5.32 Å². The number of rotatable bonds is 7. The minimum atomic E-state index is -0.181. The van der Waals surface area contributed by atoms with E-state index in [9.17, 15) is 4.39 Å². The first-order valence-corrected chi connectivity index (χ1v) is 7.20. The van der Waals surface area contributed by atoms with Crippen molar-refractivity contribution >= 4 is 0 Å². The summed E-state index contributed by atoms with van der Waals surface area (Å²) >= 11 is 0. The van der Waals surface area contributed by atoms with Crippen molar-refractivity contribution in [2.24, 2.45) is 0 Å². The Hall–Kier alpha value is -0.900. The Morgan fingerprint density at radius 2 is 2.11 bits per heavy atom. The fraction of sp³-hybridized carbons (Fsp3) is 0.786. The molecule has 0 saturated heterocycles. The van der Waals surface area contributed by atoms with E-state index < -0.39 is 0 Å². The van der Waals surface area contributed by atoms with Gasteiger partial charge in [-0.05, 0) is 44.7 Å². The van der Waals surface area contributed by atoms with E-state index in [0.29, 0.717) is 18.5 Å². The number of unbranched alkanes of at least 4 members (excludes halogenated alkanes) is 2. The number of hydrogen-bond donors (Lipinski definition) is 1. The van der Waals surface area contributed by atoms with Crippen molar-refractivity contribution in [1.82, 2.24) is 15.1 Å². The number of halogens is 1. The van der Waals surface area contributed by atoms with E-state index in [2.05, 4.69) is 21.3 Å². The van der Waals surface area contributed by atoms with Crippen molar-refractivity contribution < 1.29 is 4.39 Å². The average Bonchev–Trinajstić information content (AvgIpc) is 2.93. The summed E-state index contributed by atoms with van der Waals surface area (Å²) in [5.41, 5.74) is 0. The number of hydrogen-bond acceptors (Lipinski definition) is 2. The van der Waals surface area contributed by atoms with E-state index >= 15 is 0 Å². The van der Waals surface area contributed by atoms with Crippen LogP contribution in [0.1, 0.15) is 51.0 Å². The van der Waals surface area contributed by atoms with Crippen molar-refractivity contribution in [1.29, 1.82) is 0 Å². The molecule has 0 spiro atoms. The van der Waals surface area contributed by atoms with Gasteiger partial charge in [0.15, 0.2) is 0 Å². The van der Waals surface area contributed by atoms with Gasteiger partial charge in [0.05, 0.1) is 12.7 Å². The number of alkyl halides is 1. The third-order valence-corrected chi connectivity index (χ3v) is 3.81. The molecule has 1 N–H and O–H groups in total. The van der Waals surface area contributed by atoms with Crippen LogP contribution in [0.5, 0.6) is 0 Å². The number of nitrogens with zero attached hydrogens (tertiary/aromatic N) is 2. The summed E-state index contributed by atoms with van der Waals surface area (Å²) in [4.78, 5) is 0. The summed E-state index contributed by atoms with van der Waals surface area (Å²) in [6.07, 6.45) is 11.7. The minimum Gasteiger partial charge on any atom is -0.312 e. The highest BCUT2D eigenvalue weighted by atomic mass is 19.1. The first-order valence-electron chi connectivity index (χ1n) is 7.20. The van der Waals surface area contributed by atoms with Crippen LogP contribution in [0.15, 0.2) is 18.5 Å². The Balaban J connectivity index is 1.77. The van der Waals surface area contributed by atoms with Crippen molar-refractivity contribution in [3.63, 3.8) is 0 Å². The van der Waals surface area contributed by atoms with Gasteiger partial charge in [-0.1, -0.05) is 12.8 Å². The summed E-state index contributed by atoms with van der Waals surface area (Å²) in [7, 11) is 0. The molecule has 1 aromatic rings. The van der Waals surface area contributed by atoms with Gasteiger partial charge in [0.25, 0.3) is 0 Å². The first kappa shape index (κ1) is 13.5. The normalized spacial score (nSPS) is 24.3. The maximum atomic E-state index is 12.0. The maximum absolute atomic E-state index is 12.0. The molecule has 0 unspecified atom stereocenters. The lowest BCUT2D eigenvalue weighted by Crippen LogP contribution is -2.40. The molecule has 1 aliphatic rings. The lowest BCUT2D eigenvalue weighted by molar-refractivity contribution is 0.246. The lowest BCUT2D eigenvalue weighted by Gasteiger charge is -2.32. The SMILES string of the molecule is FCCCCCN[C@H]1CCCC[C@H]1n1cccn1. The third-order valence-electron chi connectivity index (χ3n) is 3.81. The molecule has 0 aliphatic heterocycles. The lowest BCUT2D eigenvalue weighted by atomic mass is 9.90. The molecular formula is C14H24FN3. The van der Waals surface area contributed by atoms with E-state index in [4.69, 9.17) is 0 Å². The van der Waals surface area contributed by atoms with Crippen molar-refractivity contribution in [3.8, 4) is 0 Å². The summed E-state index contributed by atoms with van der Waals surface area (Å²) < 4.78 is 14.1. The predicted octanol–water partition coefficient (Wildman–Crippen LogP) is 3.10. The van der Waals surface area contributed by atoms with Crippen molar-refractivity contribution in [2.75, 3.05) is 13.2 Å². The molecule has 102 valence electrons. The number of aromatic nitrogens is 2. The molecule has 1 aromatic heterocycles. The molecule has 0 aromatic carbocycles. The van der Waals surface area contributed by atoms with E-state index in [1.807, 2.05) is 12.3 Å². The zero-order valence-corrected chi connectivity index (χ0v) is 11.0. The predicted molar refractivity (Wildman–Crippen MR) is 71.3 cm³/mol. The zero-order chi connectivity index (χ0) is 12.6. The van der Waals surface area contributed by atoms with Gasteiger partial charge in [-0.2, -0.15) is 5.10 Å². The second-order valence-electron chi connectivity index (χ2n) is 5.15. The largest absolute Gasteiger partial charge is 0.312 e. The first-order chi connectivity index (χ1) is 8.92. The van der Waals surface area contributed by atoms with E-state index in [0.717, 1.165) is 19.4 Å². The smallest absolute Gasteiger partial charge is 0.0894 e. The summed E-state index contributed by atoms with van der Waals surface area (Å²) in [5.74, 6) is 0. The second-order valence-corrected chi connectivity index (χ2v) is 5.15. The van der Waals surface area contributed by atoms with E-state index in [1.165, 1.54) is 25.7 Å². The van der Waals surface area contributed by atoms with Gasteiger partial charge in [-0.15, -0.1) is 0 Å². The fourth-order valence-electron chi connectivity index (χ4n) is 2.83. The summed E-state index contributed by atoms with van der Waals surface area (Å²) in [5, 5.41) is 8.01. The second kappa shape index (κ2) is 7.52. The Kier molecular flexibility index (Phi) is 5.65. The Morgan fingerprint density at radius 1 is 1.22 bits per heavy atom. The molecular weight excluding hydrogens is 229 g/mol. The van der Waals surface area contributed by atoms with Gasteiger partial charge in [0.2, 0.25) is 0 Å². The highest BCUT2D eigenvalue weighted by molar-refractivity contribution is 4.89. The topological polar surface area (TPSA) is 29.9 Å². The van der Waals surface area contributed by atoms with Crippen LogP contribution in [0.4, 0.5) is 4.39 Å². The van der Waals surface area contributed by atoms with Crippen LogP contribution in [0.2, 0.25) is 0 Å². The Labute approximate surface area is 109 Å². The molecule has 1 aliphatic carbocycles. The van der Waals surface area contributed by atoms with Crippen LogP contribution in [-0.4, -0.2) is 29.0 Å². The van der Waals surface area contributed by atoms with Crippen LogP contribution in [0.3, 0.4) is 0 Å². The van der Waals surface area contributed by atoms with Crippen LogP contribution in [0, 0.1) is 0 Å². The van der Waals surface area contributed by atoms with Crippen LogP contribution < -0.4 is 5.32 Å². The summed E-state index contributed by atoms with van der Waals surface area (Å²) in [6.45, 7) is 0.821. The summed E-state index contributed by atoms with van der Waals surface area (Å²) in [6, 6.07) is 3.02. The van der Waals surface area contributed by atoms with Gasteiger partial charge in [0, 0.05) is 18.4 Å². The van der Waals surface area contributed by atoms with Crippen LogP contribution in [-0.2, 0) is 0 Å². The molecule has 0 radical (unpaired) electrons. The monoisotopic (exact) mass is 253 g/mol. The molecule has 0 amide bonds. The molecule has 1 heterocycles. The highest BCUT2D eigenvalue weighted by Crippen LogP contribution is 2.27. The van der Waals surface area contributed by atoms with Gasteiger partial charge in [-0.25, -0.2) is 0 Å². The Morgan fingerprint density at radius 3 is 2.89 bits per heavy atom. The minimum absolute atomic E-state index is 0.181. The van der Waals surface area contributed by atoms with Crippen molar-refractivity contribution in [3.05, 3.63) is 18.5 Å². The highest BCUT2D eigenvalue weighted by Gasteiger charge is 2.25. The molecule has 18 heavy (non-hydrogen) atoms. The quantitative estimate of drug-likeness (QED) is 0.757. The number of nitrogens with one attached hydrogen (secondary N) is 1. The van der Waals surface area contributed by atoms with Gasteiger partial charge >= 0.3 is 0 Å². The van der Waals surface area contributed by atoms with Crippen LogP contribution in [0.25, 0.3) is 0 Å². The molecule has 4 heteroatoms. The molecule has 3 nitrogen and oxygen atoms in total. The standard InChI is InChI=1S/C14H24FN3/c15-9-4-1-5-10-16-13-7-2-3-8-14(13)18-12-6-11-17-18/h6,11-14,16H,1-5,7-10H2/t13-,14+/m0/s1. The zero-order valence-electron chi connectivity index (χ0n) is 11.0. The fourth-order valence-corrected chi connectivity index (χ4v) is 2.83. The average molecular weight is 253 g/mol. The van der Waals surface area contributed by atoms with Crippen molar-refractivity contribution in [2.45, 2.75) is 57.0 Å². The molecule has 1 saturated carbocycles. The third kappa shape index (κ3) is 3.80. The molecule has 0 bridgehead atoms. The van der Waals surface area contributed by atoms with Crippen LogP contribution >= 0.6 is 0 Å². The van der Waals surface area contributed by atoms with Gasteiger partial charge in [-0.3, -0.25) is 9.07 Å². The molecule has 2 atom stereocenters. The maximum Gasteiger partial charge on any atom is 0.0894 e. The molecule has 2 rings (SSSR count). The molecule has 1 fully saturated rings.